The Balaban J connectivity index is 2.39. The first kappa shape index (κ1) is 11.7. The van der Waals surface area contributed by atoms with E-state index in [1.807, 2.05) is 0 Å². The number of carbonyl (C=O) groups excluding carboxylic acids is 1. The van der Waals surface area contributed by atoms with Crippen molar-refractivity contribution in [3.05, 3.63) is 29.3 Å². The van der Waals surface area contributed by atoms with Gasteiger partial charge in [-0.25, -0.2) is 4.79 Å². The standard InChI is InChI=1S/C11H8F3NO2/c12-11(13,14)9-3-1-2-7-4-8(15-6-16)5-17-10(7)9/h1-3,8H,4-5H2. The normalized spacial score (nSPS) is 18.9. The molecule has 90 valence electrons. The first-order chi connectivity index (χ1) is 8.02. The number of halogens is 3. The topological polar surface area (TPSA) is 38.7 Å². The lowest BCUT2D eigenvalue weighted by molar-refractivity contribution is -0.139. The second-order valence-corrected chi connectivity index (χ2v) is 3.68. The molecule has 1 aliphatic heterocycles. The maximum Gasteiger partial charge on any atom is 0.419 e. The lowest BCUT2D eigenvalue weighted by Crippen LogP contribution is -2.26. The van der Waals surface area contributed by atoms with Crippen molar-refractivity contribution in [2.75, 3.05) is 6.61 Å². The van der Waals surface area contributed by atoms with E-state index in [1.165, 1.54) is 18.2 Å². The number of aliphatic imine (C=N–C) groups is 1. The van der Waals surface area contributed by atoms with Crippen LogP contribution >= 0.6 is 0 Å². The number of alkyl halides is 3. The Morgan fingerprint density at radius 1 is 1.41 bits per heavy atom. The molecule has 0 fully saturated rings. The summed E-state index contributed by atoms with van der Waals surface area (Å²) in [7, 11) is 0. The van der Waals surface area contributed by atoms with Crippen LogP contribution in [0.5, 0.6) is 5.75 Å². The Bertz CT molecular complexity index is 478. The molecule has 0 N–H and O–H groups in total. The minimum Gasteiger partial charge on any atom is -0.490 e. The fourth-order valence-electron chi connectivity index (χ4n) is 1.79. The van der Waals surface area contributed by atoms with Gasteiger partial charge in [-0.2, -0.15) is 18.2 Å². The molecule has 0 radical (unpaired) electrons. The molecule has 0 saturated carbocycles. The van der Waals surface area contributed by atoms with Gasteiger partial charge in [0.25, 0.3) is 0 Å². The maximum absolute atomic E-state index is 12.7. The van der Waals surface area contributed by atoms with Crippen LogP contribution in [-0.2, 0) is 17.4 Å². The quantitative estimate of drug-likeness (QED) is 0.561. The van der Waals surface area contributed by atoms with Gasteiger partial charge in [-0.3, -0.25) is 0 Å². The predicted molar refractivity (Wildman–Crippen MR) is 52.6 cm³/mol. The van der Waals surface area contributed by atoms with Gasteiger partial charge >= 0.3 is 6.18 Å². The highest BCUT2D eigenvalue weighted by atomic mass is 19.4. The molecule has 0 spiro atoms. The summed E-state index contributed by atoms with van der Waals surface area (Å²) >= 11 is 0. The van der Waals surface area contributed by atoms with Crippen LogP contribution in [0.2, 0.25) is 0 Å². The van der Waals surface area contributed by atoms with Gasteiger partial charge in [0.2, 0.25) is 6.08 Å². The van der Waals surface area contributed by atoms with Gasteiger partial charge in [0.15, 0.2) is 0 Å². The highest BCUT2D eigenvalue weighted by Crippen LogP contribution is 2.40. The first-order valence-corrected chi connectivity index (χ1v) is 4.91. The number of ether oxygens (including phenoxy) is 1. The summed E-state index contributed by atoms with van der Waals surface area (Å²) in [6.07, 6.45) is -2.79. The molecule has 1 aliphatic rings. The third kappa shape index (κ3) is 2.31. The van der Waals surface area contributed by atoms with Gasteiger partial charge < -0.3 is 4.74 Å². The van der Waals surface area contributed by atoms with Crippen molar-refractivity contribution in [1.82, 2.24) is 0 Å². The Morgan fingerprint density at radius 3 is 2.82 bits per heavy atom. The van der Waals surface area contributed by atoms with Crippen LogP contribution in [0.15, 0.2) is 23.2 Å². The van der Waals surface area contributed by atoms with Crippen molar-refractivity contribution >= 4 is 6.08 Å². The van der Waals surface area contributed by atoms with Crippen LogP contribution in [0.3, 0.4) is 0 Å². The fourth-order valence-corrected chi connectivity index (χ4v) is 1.79. The summed E-state index contributed by atoms with van der Waals surface area (Å²) < 4.78 is 43.0. The molecule has 0 bridgehead atoms. The highest BCUT2D eigenvalue weighted by Gasteiger charge is 2.36. The SMILES string of the molecule is O=C=NC1COc2c(cccc2C(F)(F)F)C1. The monoisotopic (exact) mass is 243 g/mol. The molecule has 1 unspecified atom stereocenters. The van der Waals surface area contributed by atoms with Crippen LogP contribution in [0, 0.1) is 0 Å². The zero-order valence-electron chi connectivity index (χ0n) is 8.62. The Hall–Kier alpha value is -1.81. The number of para-hydroxylation sites is 1. The van der Waals surface area contributed by atoms with E-state index in [-0.39, 0.29) is 18.8 Å². The number of fused-ring (bicyclic) bond motifs is 1. The molecule has 0 saturated heterocycles. The molecule has 0 aromatic heterocycles. The van der Waals surface area contributed by atoms with Crippen LogP contribution in [0.25, 0.3) is 0 Å². The Morgan fingerprint density at radius 2 is 2.18 bits per heavy atom. The second kappa shape index (κ2) is 4.22. The lowest BCUT2D eigenvalue weighted by atomic mass is 9.99. The van der Waals surface area contributed by atoms with Crippen LogP contribution in [-0.4, -0.2) is 18.7 Å². The summed E-state index contributed by atoms with van der Waals surface area (Å²) in [5, 5.41) is 0. The molecule has 0 aliphatic carbocycles. The van der Waals surface area contributed by atoms with Crippen molar-refractivity contribution in [3.8, 4) is 5.75 Å². The number of isocyanates is 1. The summed E-state index contributed by atoms with van der Waals surface area (Å²) in [6, 6.07) is 3.38. The van der Waals surface area contributed by atoms with E-state index in [2.05, 4.69) is 4.99 Å². The third-order valence-corrected chi connectivity index (χ3v) is 2.51. The van der Waals surface area contributed by atoms with Crippen molar-refractivity contribution < 1.29 is 22.7 Å². The molecular weight excluding hydrogens is 235 g/mol. The van der Waals surface area contributed by atoms with Crippen LogP contribution < -0.4 is 4.74 Å². The van der Waals surface area contributed by atoms with Gasteiger partial charge in [0, 0.05) is 6.42 Å². The average Bonchev–Trinajstić information content (AvgIpc) is 2.27. The molecular formula is C11H8F3NO2. The number of hydrogen-bond donors (Lipinski definition) is 0. The average molecular weight is 243 g/mol. The first-order valence-electron chi connectivity index (χ1n) is 4.91. The number of rotatable bonds is 1. The van der Waals surface area contributed by atoms with Crippen molar-refractivity contribution in [2.24, 2.45) is 4.99 Å². The van der Waals surface area contributed by atoms with E-state index in [0.717, 1.165) is 6.07 Å². The Kier molecular flexibility index (Phi) is 2.90. The van der Waals surface area contributed by atoms with Crippen LogP contribution in [0.1, 0.15) is 11.1 Å². The van der Waals surface area contributed by atoms with Gasteiger partial charge in [-0.05, 0) is 11.6 Å². The number of nitrogens with zero attached hydrogens (tertiary/aromatic N) is 1. The summed E-state index contributed by atoms with van der Waals surface area (Å²) in [5.74, 6) is -0.155. The van der Waals surface area contributed by atoms with Gasteiger partial charge in [0.05, 0.1) is 5.56 Å². The van der Waals surface area contributed by atoms with E-state index < -0.39 is 17.8 Å². The molecule has 1 heterocycles. The highest BCUT2D eigenvalue weighted by molar-refractivity contribution is 5.45. The molecule has 1 atom stereocenters. The van der Waals surface area contributed by atoms with Crippen LogP contribution in [0.4, 0.5) is 13.2 Å². The lowest BCUT2D eigenvalue weighted by Gasteiger charge is -2.24. The van der Waals surface area contributed by atoms with E-state index in [1.54, 1.807) is 0 Å². The summed E-state index contributed by atoms with van der Waals surface area (Å²) in [4.78, 5) is 13.5. The van der Waals surface area contributed by atoms with Gasteiger partial charge in [0.1, 0.15) is 18.4 Å². The number of benzene rings is 1. The predicted octanol–water partition coefficient (Wildman–Crippen LogP) is 2.34. The van der Waals surface area contributed by atoms with Gasteiger partial charge in [-0.15, -0.1) is 0 Å². The second-order valence-electron chi connectivity index (χ2n) is 3.68. The molecule has 1 aromatic carbocycles. The molecule has 1 aromatic rings. The van der Waals surface area contributed by atoms with Crippen molar-refractivity contribution in [3.63, 3.8) is 0 Å². The summed E-state index contributed by atoms with van der Waals surface area (Å²) in [6.45, 7) is -0.0324. The fraction of sp³-hybridized carbons (Fsp3) is 0.364. The molecule has 0 amide bonds. The minimum absolute atomic E-state index is 0.0324. The Labute approximate surface area is 94.9 Å². The molecule has 17 heavy (non-hydrogen) atoms. The minimum atomic E-state index is -4.44. The zero-order chi connectivity index (χ0) is 12.5. The van der Waals surface area contributed by atoms with Gasteiger partial charge in [-0.1, -0.05) is 12.1 Å². The van der Waals surface area contributed by atoms with Crippen molar-refractivity contribution in [1.29, 1.82) is 0 Å². The zero-order valence-corrected chi connectivity index (χ0v) is 8.62. The van der Waals surface area contributed by atoms with E-state index in [9.17, 15) is 18.0 Å². The van der Waals surface area contributed by atoms with E-state index in [0.29, 0.717) is 5.56 Å². The van der Waals surface area contributed by atoms with E-state index in [4.69, 9.17) is 4.74 Å². The molecule has 2 rings (SSSR count). The third-order valence-electron chi connectivity index (χ3n) is 2.51. The largest absolute Gasteiger partial charge is 0.490 e. The molecule has 6 heteroatoms. The van der Waals surface area contributed by atoms with E-state index >= 15 is 0 Å². The smallest absolute Gasteiger partial charge is 0.419 e. The maximum atomic E-state index is 12.7. The number of hydrogen-bond acceptors (Lipinski definition) is 3. The summed E-state index contributed by atoms with van der Waals surface area (Å²) in [5.41, 5.74) is -0.376. The van der Waals surface area contributed by atoms with Crippen molar-refractivity contribution in [2.45, 2.75) is 18.6 Å². The molecule has 3 nitrogen and oxygen atoms in total.